The van der Waals surface area contributed by atoms with E-state index in [0.29, 0.717) is 5.75 Å². The Hall–Kier alpha value is -1.55. The minimum atomic E-state index is 0.293. The van der Waals surface area contributed by atoms with Gasteiger partial charge in [0.05, 0.1) is 5.71 Å². The van der Waals surface area contributed by atoms with Crippen LogP contribution >= 0.6 is 0 Å². The molecule has 4 nitrogen and oxygen atoms in total. The van der Waals surface area contributed by atoms with Crippen LogP contribution in [0.15, 0.2) is 29.4 Å². The van der Waals surface area contributed by atoms with E-state index in [-0.39, 0.29) is 0 Å². The molecule has 2 rings (SSSR count). The number of rotatable bonds is 2. The zero-order chi connectivity index (χ0) is 12.3. The molecule has 1 saturated heterocycles. The van der Waals surface area contributed by atoms with Crippen LogP contribution in [0.2, 0.25) is 0 Å². The van der Waals surface area contributed by atoms with Gasteiger partial charge in [0, 0.05) is 26.2 Å². The Bertz CT molecular complexity index is 392. The van der Waals surface area contributed by atoms with Gasteiger partial charge in [-0.05, 0) is 43.8 Å². The van der Waals surface area contributed by atoms with Crippen molar-refractivity contribution in [3.8, 4) is 5.75 Å². The van der Waals surface area contributed by atoms with Crippen molar-refractivity contribution >= 4 is 5.71 Å². The number of piperazine rings is 1. The third kappa shape index (κ3) is 3.20. The number of phenols is 1. The summed E-state index contributed by atoms with van der Waals surface area (Å²) >= 11 is 0. The van der Waals surface area contributed by atoms with Crippen molar-refractivity contribution in [2.75, 3.05) is 33.2 Å². The van der Waals surface area contributed by atoms with E-state index in [4.69, 9.17) is 0 Å². The quantitative estimate of drug-likeness (QED) is 0.784. The van der Waals surface area contributed by atoms with Crippen LogP contribution in [0, 0.1) is 0 Å². The molecule has 0 amide bonds. The molecule has 1 heterocycles. The van der Waals surface area contributed by atoms with Gasteiger partial charge in [-0.25, -0.2) is 0 Å². The van der Waals surface area contributed by atoms with Crippen molar-refractivity contribution in [2.45, 2.75) is 6.92 Å². The Morgan fingerprint density at radius 1 is 1.12 bits per heavy atom. The Morgan fingerprint density at radius 2 is 1.71 bits per heavy atom. The number of nitrogens with zero attached hydrogens (tertiary/aromatic N) is 3. The molecule has 92 valence electrons. The summed E-state index contributed by atoms with van der Waals surface area (Å²) in [5.74, 6) is 0.293. The molecular weight excluding hydrogens is 214 g/mol. The Kier molecular flexibility index (Phi) is 3.64. The monoisotopic (exact) mass is 233 g/mol. The van der Waals surface area contributed by atoms with Crippen LogP contribution in [0.3, 0.4) is 0 Å². The summed E-state index contributed by atoms with van der Waals surface area (Å²) in [5, 5.41) is 16.0. The van der Waals surface area contributed by atoms with E-state index >= 15 is 0 Å². The van der Waals surface area contributed by atoms with Crippen molar-refractivity contribution in [3.05, 3.63) is 29.8 Å². The highest BCUT2D eigenvalue weighted by Crippen LogP contribution is 2.11. The van der Waals surface area contributed by atoms with Crippen LogP contribution < -0.4 is 0 Å². The average molecular weight is 233 g/mol. The molecule has 1 aromatic rings. The molecule has 1 aliphatic heterocycles. The number of aromatic hydroxyl groups is 1. The molecule has 0 atom stereocenters. The number of benzene rings is 1. The first-order chi connectivity index (χ1) is 8.15. The molecule has 0 aromatic heterocycles. The lowest BCUT2D eigenvalue weighted by atomic mass is 10.1. The Labute approximate surface area is 102 Å². The first-order valence-electron chi connectivity index (χ1n) is 5.93. The van der Waals surface area contributed by atoms with Crippen LogP contribution in [0.1, 0.15) is 12.5 Å². The molecule has 1 aliphatic rings. The summed E-state index contributed by atoms with van der Waals surface area (Å²) in [6, 6.07) is 7.17. The third-order valence-electron chi connectivity index (χ3n) is 3.06. The lowest BCUT2D eigenvalue weighted by molar-refractivity contribution is 0.159. The van der Waals surface area contributed by atoms with E-state index in [1.165, 1.54) is 0 Å². The van der Waals surface area contributed by atoms with Gasteiger partial charge in [0.25, 0.3) is 0 Å². The van der Waals surface area contributed by atoms with E-state index in [1.54, 1.807) is 12.1 Å². The highest BCUT2D eigenvalue weighted by atomic mass is 16.3. The molecule has 4 heteroatoms. The van der Waals surface area contributed by atoms with Gasteiger partial charge < -0.3 is 10.0 Å². The summed E-state index contributed by atoms with van der Waals surface area (Å²) in [6.45, 7) is 6.08. The van der Waals surface area contributed by atoms with E-state index in [1.807, 2.05) is 19.1 Å². The van der Waals surface area contributed by atoms with Crippen molar-refractivity contribution < 1.29 is 5.11 Å². The van der Waals surface area contributed by atoms with E-state index in [2.05, 4.69) is 22.1 Å². The first kappa shape index (κ1) is 11.9. The normalized spacial score (nSPS) is 18.5. The van der Waals surface area contributed by atoms with Gasteiger partial charge in [-0.15, -0.1) is 0 Å². The smallest absolute Gasteiger partial charge is 0.115 e. The zero-order valence-electron chi connectivity index (χ0n) is 10.4. The van der Waals surface area contributed by atoms with Gasteiger partial charge in [-0.1, -0.05) is 0 Å². The molecular formula is C13H19N3O. The lowest BCUT2D eigenvalue weighted by Gasteiger charge is -2.30. The Balaban J connectivity index is 2.03. The van der Waals surface area contributed by atoms with Gasteiger partial charge in [0.1, 0.15) is 5.75 Å². The van der Waals surface area contributed by atoms with Gasteiger partial charge in [0.15, 0.2) is 0 Å². The molecule has 0 spiro atoms. The standard InChI is InChI=1S/C13H19N3O/c1-11(12-3-5-13(17)6-4-12)14-16-9-7-15(2)8-10-16/h3-6,17H,7-10H2,1-2H3. The van der Waals surface area contributed by atoms with E-state index < -0.39 is 0 Å². The largest absolute Gasteiger partial charge is 0.508 e. The third-order valence-corrected chi connectivity index (χ3v) is 3.06. The number of likely N-dealkylation sites (N-methyl/N-ethyl adjacent to an activating group) is 1. The summed E-state index contributed by atoms with van der Waals surface area (Å²) in [4.78, 5) is 2.31. The molecule has 0 unspecified atom stereocenters. The molecule has 0 radical (unpaired) electrons. The van der Waals surface area contributed by atoms with Gasteiger partial charge in [-0.3, -0.25) is 5.01 Å². The first-order valence-corrected chi connectivity index (χ1v) is 5.93. The zero-order valence-corrected chi connectivity index (χ0v) is 10.4. The maximum atomic E-state index is 9.23. The van der Waals surface area contributed by atoms with Crippen LogP contribution in [0.25, 0.3) is 0 Å². The topological polar surface area (TPSA) is 39.1 Å². The maximum absolute atomic E-state index is 9.23. The predicted octanol–water partition coefficient (Wildman–Crippen LogP) is 1.36. The van der Waals surface area contributed by atoms with Crippen LogP contribution in [-0.4, -0.2) is 54.0 Å². The maximum Gasteiger partial charge on any atom is 0.115 e. The average Bonchev–Trinajstić information content (AvgIpc) is 2.33. The molecule has 1 aromatic carbocycles. The molecule has 0 aliphatic carbocycles. The second-order valence-corrected chi connectivity index (χ2v) is 4.49. The number of hydrogen-bond donors (Lipinski definition) is 1. The van der Waals surface area contributed by atoms with Crippen LogP contribution in [0.4, 0.5) is 0 Å². The van der Waals surface area contributed by atoms with E-state index in [0.717, 1.165) is 37.5 Å². The molecule has 1 fully saturated rings. The fourth-order valence-electron chi connectivity index (χ4n) is 1.87. The molecule has 0 saturated carbocycles. The summed E-state index contributed by atoms with van der Waals surface area (Å²) in [7, 11) is 2.13. The second-order valence-electron chi connectivity index (χ2n) is 4.49. The highest BCUT2D eigenvalue weighted by Gasteiger charge is 2.12. The summed E-state index contributed by atoms with van der Waals surface area (Å²) in [5.41, 5.74) is 2.05. The highest BCUT2D eigenvalue weighted by molar-refractivity contribution is 5.98. The predicted molar refractivity (Wildman–Crippen MR) is 69.4 cm³/mol. The minimum Gasteiger partial charge on any atom is -0.508 e. The molecule has 1 N–H and O–H groups in total. The second kappa shape index (κ2) is 5.19. The summed E-state index contributed by atoms with van der Waals surface area (Å²) < 4.78 is 0. The number of hydrogen-bond acceptors (Lipinski definition) is 4. The lowest BCUT2D eigenvalue weighted by Crippen LogP contribution is -2.42. The summed E-state index contributed by atoms with van der Waals surface area (Å²) in [6.07, 6.45) is 0. The molecule has 0 bridgehead atoms. The van der Waals surface area contributed by atoms with Gasteiger partial charge in [0.2, 0.25) is 0 Å². The molecule has 17 heavy (non-hydrogen) atoms. The van der Waals surface area contributed by atoms with Crippen LogP contribution in [-0.2, 0) is 0 Å². The van der Waals surface area contributed by atoms with Crippen molar-refractivity contribution in [1.29, 1.82) is 0 Å². The van der Waals surface area contributed by atoms with Crippen molar-refractivity contribution in [2.24, 2.45) is 5.10 Å². The van der Waals surface area contributed by atoms with Gasteiger partial charge in [-0.2, -0.15) is 5.10 Å². The van der Waals surface area contributed by atoms with E-state index in [9.17, 15) is 5.11 Å². The minimum absolute atomic E-state index is 0.293. The van der Waals surface area contributed by atoms with Crippen molar-refractivity contribution in [3.63, 3.8) is 0 Å². The number of phenolic OH excluding ortho intramolecular Hbond substituents is 1. The SMILES string of the molecule is CC(=NN1CCN(C)CC1)c1ccc(O)cc1. The van der Waals surface area contributed by atoms with Gasteiger partial charge >= 0.3 is 0 Å². The van der Waals surface area contributed by atoms with Crippen LogP contribution in [0.5, 0.6) is 5.75 Å². The number of hydrazone groups is 1. The van der Waals surface area contributed by atoms with Crippen molar-refractivity contribution in [1.82, 2.24) is 9.91 Å². The Morgan fingerprint density at radius 3 is 2.29 bits per heavy atom. The fourth-order valence-corrected chi connectivity index (χ4v) is 1.87. The fraction of sp³-hybridized carbons (Fsp3) is 0.462.